The molecule has 0 spiro atoms. The van der Waals surface area contributed by atoms with E-state index >= 15 is 0 Å². The summed E-state index contributed by atoms with van der Waals surface area (Å²) in [5.74, 6) is -0.329. The van der Waals surface area contributed by atoms with E-state index in [0.29, 0.717) is 11.1 Å². The second-order valence-electron chi connectivity index (χ2n) is 4.17. The van der Waals surface area contributed by atoms with Crippen molar-refractivity contribution in [2.24, 2.45) is 0 Å². The van der Waals surface area contributed by atoms with Gasteiger partial charge in [0.2, 0.25) is 0 Å². The molecule has 0 aromatic heterocycles. The second kappa shape index (κ2) is 5.83. The van der Waals surface area contributed by atoms with Gasteiger partial charge in [0, 0.05) is 0 Å². The van der Waals surface area contributed by atoms with Crippen LogP contribution < -0.4 is 0 Å². The van der Waals surface area contributed by atoms with Gasteiger partial charge >= 0.3 is 5.97 Å². The molecule has 0 unspecified atom stereocenters. The molecule has 0 heterocycles. The van der Waals surface area contributed by atoms with Crippen molar-refractivity contribution in [2.45, 2.75) is 6.42 Å². The molecule has 19 heavy (non-hydrogen) atoms. The van der Waals surface area contributed by atoms with Gasteiger partial charge in [0.1, 0.15) is 0 Å². The van der Waals surface area contributed by atoms with Crippen molar-refractivity contribution in [1.29, 1.82) is 5.26 Å². The number of rotatable bonds is 3. The third-order valence-electron chi connectivity index (χ3n) is 2.87. The maximum Gasteiger partial charge on any atom is 0.337 e. The molecule has 0 N–H and O–H groups in total. The van der Waals surface area contributed by atoms with Crippen molar-refractivity contribution in [3.05, 3.63) is 70.8 Å². The highest BCUT2D eigenvalue weighted by Crippen LogP contribution is 2.12. The first-order chi connectivity index (χ1) is 9.22. The topological polar surface area (TPSA) is 50.1 Å². The Bertz CT molecular complexity index is 607. The highest BCUT2D eigenvalue weighted by molar-refractivity contribution is 5.89. The number of methoxy groups -OCH3 is 1. The van der Waals surface area contributed by atoms with Crippen LogP contribution in [0, 0.1) is 11.3 Å². The normalized spacial score (nSPS) is 9.68. The van der Waals surface area contributed by atoms with E-state index in [1.54, 1.807) is 24.3 Å². The summed E-state index contributed by atoms with van der Waals surface area (Å²) in [6.07, 6.45) is 0.771. The molecule has 0 saturated heterocycles. The summed E-state index contributed by atoms with van der Waals surface area (Å²) in [4.78, 5) is 11.3. The van der Waals surface area contributed by atoms with Gasteiger partial charge in [0.15, 0.2) is 0 Å². The second-order valence-corrected chi connectivity index (χ2v) is 4.17. The van der Waals surface area contributed by atoms with E-state index in [4.69, 9.17) is 5.26 Å². The van der Waals surface area contributed by atoms with E-state index in [9.17, 15) is 4.79 Å². The fourth-order valence-corrected chi connectivity index (χ4v) is 1.81. The lowest BCUT2D eigenvalue weighted by atomic mass is 10.0. The van der Waals surface area contributed by atoms with Crippen LogP contribution in [0.25, 0.3) is 0 Å². The largest absolute Gasteiger partial charge is 0.465 e. The van der Waals surface area contributed by atoms with Crippen LogP contribution >= 0.6 is 0 Å². The van der Waals surface area contributed by atoms with Gasteiger partial charge in [-0.15, -0.1) is 0 Å². The number of nitrogens with zero attached hydrogens (tertiary/aromatic N) is 1. The van der Waals surface area contributed by atoms with Gasteiger partial charge in [-0.05, 0) is 41.8 Å². The number of ether oxygens (including phenoxy) is 1. The number of esters is 1. The lowest BCUT2D eigenvalue weighted by Gasteiger charge is -2.04. The highest BCUT2D eigenvalue weighted by atomic mass is 16.5. The van der Waals surface area contributed by atoms with E-state index < -0.39 is 0 Å². The molecule has 2 aromatic rings. The molecule has 2 aromatic carbocycles. The molecule has 0 amide bonds. The Morgan fingerprint density at radius 1 is 1.05 bits per heavy atom. The van der Waals surface area contributed by atoms with Gasteiger partial charge in [-0.25, -0.2) is 4.79 Å². The average Bonchev–Trinajstić information content (AvgIpc) is 2.48. The van der Waals surface area contributed by atoms with Crippen LogP contribution in [-0.4, -0.2) is 13.1 Å². The number of carbonyl (C=O) groups excluding carboxylic acids is 1. The number of hydrogen-bond donors (Lipinski definition) is 0. The molecule has 0 atom stereocenters. The predicted octanol–water partition coefficient (Wildman–Crippen LogP) is 2.94. The fraction of sp³-hybridized carbons (Fsp3) is 0.125. The maximum absolute atomic E-state index is 11.3. The summed E-state index contributed by atoms with van der Waals surface area (Å²) in [5.41, 5.74) is 3.44. The van der Waals surface area contributed by atoms with Gasteiger partial charge in [0.05, 0.1) is 24.3 Å². The highest BCUT2D eigenvalue weighted by Gasteiger charge is 2.04. The Labute approximate surface area is 112 Å². The van der Waals surface area contributed by atoms with Crippen LogP contribution in [0.5, 0.6) is 0 Å². The van der Waals surface area contributed by atoms with Crippen molar-refractivity contribution < 1.29 is 9.53 Å². The van der Waals surface area contributed by atoms with E-state index in [1.165, 1.54) is 7.11 Å². The minimum absolute atomic E-state index is 0.329. The van der Waals surface area contributed by atoms with Gasteiger partial charge < -0.3 is 4.74 Å². The number of nitriles is 1. The molecular weight excluding hydrogens is 238 g/mol. The van der Waals surface area contributed by atoms with Crippen LogP contribution in [0.2, 0.25) is 0 Å². The molecule has 0 aliphatic carbocycles. The predicted molar refractivity (Wildman–Crippen MR) is 71.7 cm³/mol. The number of benzene rings is 2. The molecule has 0 radical (unpaired) electrons. The van der Waals surface area contributed by atoms with Crippen LogP contribution in [-0.2, 0) is 11.2 Å². The smallest absolute Gasteiger partial charge is 0.337 e. The summed E-state index contributed by atoms with van der Waals surface area (Å²) < 4.78 is 4.65. The first-order valence-electron chi connectivity index (χ1n) is 5.89. The Morgan fingerprint density at radius 2 is 1.58 bits per heavy atom. The van der Waals surface area contributed by atoms with Crippen LogP contribution in [0.4, 0.5) is 0 Å². The summed E-state index contributed by atoms with van der Waals surface area (Å²) in [6, 6.07) is 16.9. The molecule has 94 valence electrons. The summed E-state index contributed by atoms with van der Waals surface area (Å²) in [5, 5.41) is 8.73. The minimum Gasteiger partial charge on any atom is -0.465 e. The van der Waals surface area contributed by atoms with Gasteiger partial charge in [-0.3, -0.25) is 0 Å². The van der Waals surface area contributed by atoms with Gasteiger partial charge in [-0.1, -0.05) is 24.3 Å². The van der Waals surface area contributed by atoms with Gasteiger partial charge in [-0.2, -0.15) is 5.26 Å². The minimum atomic E-state index is -0.329. The summed E-state index contributed by atoms with van der Waals surface area (Å²) in [6.45, 7) is 0. The Morgan fingerprint density at radius 3 is 2.05 bits per heavy atom. The molecule has 3 nitrogen and oxygen atoms in total. The standard InChI is InChI=1S/C16H13NO2/c1-19-16(18)15-8-6-13(7-9-15)10-12-2-4-14(11-17)5-3-12/h2-9H,10H2,1H3. The summed E-state index contributed by atoms with van der Waals surface area (Å²) >= 11 is 0. The average molecular weight is 251 g/mol. The number of carbonyl (C=O) groups is 1. The van der Waals surface area contributed by atoms with E-state index in [2.05, 4.69) is 10.8 Å². The molecule has 2 rings (SSSR count). The molecule has 3 heteroatoms. The zero-order valence-electron chi connectivity index (χ0n) is 10.6. The number of hydrogen-bond acceptors (Lipinski definition) is 3. The zero-order valence-corrected chi connectivity index (χ0v) is 10.6. The Kier molecular flexibility index (Phi) is 3.94. The first kappa shape index (κ1) is 12.8. The maximum atomic E-state index is 11.3. The molecule has 0 aliphatic heterocycles. The molecule has 0 saturated carbocycles. The SMILES string of the molecule is COC(=O)c1ccc(Cc2ccc(C#N)cc2)cc1. The van der Waals surface area contributed by atoms with Crippen LogP contribution in [0.3, 0.4) is 0 Å². The van der Waals surface area contributed by atoms with Crippen molar-refractivity contribution in [3.63, 3.8) is 0 Å². The van der Waals surface area contributed by atoms with Crippen molar-refractivity contribution in [3.8, 4) is 6.07 Å². The van der Waals surface area contributed by atoms with E-state index in [0.717, 1.165) is 17.5 Å². The van der Waals surface area contributed by atoms with Crippen LogP contribution in [0.1, 0.15) is 27.0 Å². The Hall–Kier alpha value is -2.60. The fourth-order valence-electron chi connectivity index (χ4n) is 1.81. The van der Waals surface area contributed by atoms with Crippen molar-refractivity contribution in [2.75, 3.05) is 7.11 Å². The molecule has 0 bridgehead atoms. The van der Waals surface area contributed by atoms with E-state index in [-0.39, 0.29) is 5.97 Å². The monoisotopic (exact) mass is 251 g/mol. The van der Waals surface area contributed by atoms with Crippen LogP contribution in [0.15, 0.2) is 48.5 Å². The third kappa shape index (κ3) is 3.20. The van der Waals surface area contributed by atoms with E-state index in [1.807, 2.05) is 24.3 Å². The zero-order chi connectivity index (χ0) is 13.7. The van der Waals surface area contributed by atoms with Crippen molar-refractivity contribution >= 4 is 5.97 Å². The molecule has 0 aliphatic rings. The third-order valence-corrected chi connectivity index (χ3v) is 2.87. The Balaban J connectivity index is 2.10. The van der Waals surface area contributed by atoms with Gasteiger partial charge in [0.25, 0.3) is 0 Å². The lowest BCUT2D eigenvalue weighted by molar-refractivity contribution is 0.0600. The quantitative estimate of drug-likeness (QED) is 0.788. The summed E-state index contributed by atoms with van der Waals surface area (Å²) in [7, 11) is 1.37. The molecular formula is C16H13NO2. The first-order valence-corrected chi connectivity index (χ1v) is 5.89. The molecule has 0 fully saturated rings. The van der Waals surface area contributed by atoms with Crippen molar-refractivity contribution in [1.82, 2.24) is 0 Å². The lowest BCUT2D eigenvalue weighted by Crippen LogP contribution is -2.00.